The molecule has 3 rings (SSSR count). The largest absolute Gasteiger partial charge is 0.353 e. The quantitative estimate of drug-likeness (QED) is 0.881. The summed E-state index contributed by atoms with van der Waals surface area (Å²) in [5, 5.41) is 2.80. The van der Waals surface area contributed by atoms with E-state index in [2.05, 4.69) is 26.1 Å². The third kappa shape index (κ3) is 3.77. The number of carbonyl (C=O) groups is 1. The van der Waals surface area contributed by atoms with Crippen LogP contribution in [0.4, 0.5) is 0 Å². The molecule has 1 amide bonds. The summed E-state index contributed by atoms with van der Waals surface area (Å²) in [7, 11) is -3.80. The van der Waals surface area contributed by atoms with Crippen LogP contribution in [0.3, 0.4) is 0 Å². The Morgan fingerprint density at radius 1 is 1.04 bits per heavy atom. The van der Waals surface area contributed by atoms with E-state index in [9.17, 15) is 13.2 Å². The van der Waals surface area contributed by atoms with Gasteiger partial charge < -0.3 is 5.32 Å². The van der Waals surface area contributed by atoms with Gasteiger partial charge in [-0.1, -0.05) is 57.2 Å². The van der Waals surface area contributed by atoms with E-state index < -0.39 is 16.1 Å². The molecule has 1 atom stereocenters. The number of sulfonamides is 1. The van der Waals surface area contributed by atoms with Gasteiger partial charge in [0.15, 0.2) is 0 Å². The number of hydrogen-bond donors (Lipinski definition) is 1. The van der Waals surface area contributed by atoms with Crippen molar-refractivity contribution in [3.63, 3.8) is 0 Å². The van der Waals surface area contributed by atoms with Crippen LogP contribution >= 0.6 is 0 Å². The Balaban J connectivity index is 2.03. The van der Waals surface area contributed by atoms with Crippen molar-refractivity contribution in [2.24, 2.45) is 0 Å². The van der Waals surface area contributed by atoms with E-state index in [0.29, 0.717) is 12.1 Å². The standard InChI is InChI=1S/C21H26N2O3S/c1-15-7-5-6-8-18(15)19-20(24)22-13-14-23(19)27(25,26)17-11-9-16(10-12-17)21(2,3)4/h5-12,19H,13-14H2,1-4H3,(H,22,24). The van der Waals surface area contributed by atoms with Crippen molar-refractivity contribution in [3.8, 4) is 0 Å². The van der Waals surface area contributed by atoms with Crippen molar-refractivity contribution in [1.29, 1.82) is 0 Å². The van der Waals surface area contributed by atoms with Crippen molar-refractivity contribution in [2.75, 3.05) is 13.1 Å². The van der Waals surface area contributed by atoms with Crippen LogP contribution in [0.2, 0.25) is 0 Å². The molecule has 1 unspecified atom stereocenters. The molecule has 2 aromatic carbocycles. The maximum absolute atomic E-state index is 13.3. The van der Waals surface area contributed by atoms with Crippen LogP contribution in [0.25, 0.3) is 0 Å². The average molecular weight is 387 g/mol. The summed E-state index contributed by atoms with van der Waals surface area (Å²) in [6.45, 7) is 8.69. The van der Waals surface area contributed by atoms with E-state index in [0.717, 1.165) is 11.1 Å². The predicted molar refractivity (Wildman–Crippen MR) is 106 cm³/mol. The summed E-state index contributed by atoms with van der Waals surface area (Å²) in [6, 6.07) is 13.5. The molecule has 0 saturated carbocycles. The fourth-order valence-corrected chi connectivity index (χ4v) is 4.93. The highest BCUT2D eigenvalue weighted by atomic mass is 32.2. The Morgan fingerprint density at radius 2 is 1.67 bits per heavy atom. The van der Waals surface area contributed by atoms with E-state index in [1.54, 1.807) is 12.1 Å². The Kier molecular flexibility index (Phi) is 5.14. The Bertz CT molecular complexity index is 944. The maximum Gasteiger partial charge on any atom is 0.244 e. The van der Waals surface area contributed by atoms with Gasteiger partial charge in [0.25, 0.3) is 0 Å². The highest BCUT2D eigenvalue weighted by molar-refractivity contribution is 7.89. The minimum atomic E-state index is -3.80. The minimum Gasteiger partial charge on any atom is -0.353 e. The highest BCUT2D eigenvalue weighted by Gasteiger charge is 2.40. The summed E-state index contributed by atoms with van der Waals surface area (Å²) in [6.07, 6.45) is 0. The molecule has 1 fully saturated rings. The summed E-state index contributed by atoms with van der Waals surface area (Å²) >= 11 is 0. The van der Waals surface area contributed by atoms with E-state index in [4.69, 9.17) is 0 Å². The molecule has 6 heteroatoms. The lowest BCUT2D eigenvalue weighted by Gasteiger charge is -2.35. The summed E-state index contributed by atoms with van der Waals surface area (Å²) < 4.78 is 28.0. The molecule has 0 spiro atoms. The number of nitrogens with one attached hydrogen (secondary N) is 1. The van der Waals surface area contributed by atoms with E-state index >= 15 is 0 Å². The smallest absolute Gasteiger partial charge is 0.244 e. The van der Waals surface area contributed by atoms with E-state index in [-0.39, 0.29) is 22.8 Å². The van der Waals surface area contributed by atoms with Crippen LogP contribution in [-0.2, 0) is 20.2 Å². The molecule has 1 N–H and O–H groups in total. The van der Waals surface area contributed by atoms with Crippen LogP contribution in [0, 0.1) is 6.92 Å². The van der Waals surface area contributed by atoms with Crippen molar-refractivity contribution in [1.82, 2.24) is 9.62 Å². The van der Waals surface area contributed by atoms with Gasteiger partial charge in [-0.3, -0.25) is 4.79 Å². The Hall–Kier alpha value is -2.18. The molecule has 2 aromatic rings. The normalized spacial score (nSPS) is 19.0. The molecule has 0 aromatic heterocycles. The highest BCUT2D eigenvalue weighted by Crippen LogP contribution is 2.32. The molecular weight excluding hydrogens is 360 g/mol. The van der Waals surface area contributed by atoms with Gasteiger partial charge in [-0.05, 0) is 41.2 Å². The van der Waals surface area contributed by atoms with Gasteiger partial charge in [-0.25, -0.2) is 8.42 Å². The van der Waals surface area contributed by atoms with Crippen LogP contribution in [0.15, 0.2) is 53.4 Å². The first-order valence-corrected chi connectivity index (χ1v) is 10.5. The number of piperazine rings is 1. The van der Waals surface area contributed by atoms with E-state index in [1.165, 1.54) is 4.31 Å². The number of aryl methyl sites for hydroxylation is 1. The zero-order valence-corrected chi connectivity index (χ0v) is 17.0. The topological polar surface area (TPSA) is 66.5 Å². The lowest BCUT2D eigenvalue weighted by Crippen LogP contribution is -2.52. The SMILES string of the molecule is Cc1ccccc1C1C(=O)NCCN1S(=O)(=O)c1ccc(C(C)(C)C)cc1. The zero-order chi connectivity index (χ0) is 19.8. The number of amides is 1. The monoisotopic (exact) mass is 386 g/mol. The molecule has 1 saturated heterocycles. The van der Waals surface area contributed by atoms with Crippen molar-refractivity contribution < 1.29 is 13.2 Å². The first kappa shape index (κ1) is 19.6. The molecule has 1 heterocycles. The fraction of sp³-hybridized carbons (Fsp3) is 0.381. The summed E-state index contributed by atoms with van der Waals surface area (Å²) in [4.78, 5) is 12.8. The molecule has 0 bridgehead atoms. The fourth-order valence-electron chi connectivity index (χ4n) is 3.36. The molecular formula is C21H26N2O3S. The summed E-state index contributed by atoms with van der Waals surface area (Å²) in [5.74, 6) is -0.287. The predicted octanol–water partition coefficient (Wildman–Crippen LogP) is 3.15. The lowest BCUT2D eigenvalue weighted by atomic mass is 9.87. The van der Waals surface area contributed by atoms with Crippen molar-refractivity contribution in [2.45, 2.75) is 44.0 Å². The third-order valence-corrected chi connectivity index (χ3v) is 6.86. The summed E-state index contributed by atoms with van der Waals surface area (Å²) in [5.41, 5.74) is 2.61. The number of hydrogen-bond acceptors (Lipinski definition) is 3. The van der Waals surface area contributed by atoms with Crippen molar-refractivity contribution >= 4 is 15.9 Å². The second-order valence-electron chi connectivity index (χ2n) is 7.94. The Morgan fingerprint density at radius 3 is 2.26 bits per heavy atom. The van der Waals surface area contributed by atoms with E-state index in [1.807, 2.05) is 43.3 Å². The Labute approximate surface area is 161 Å². The lowest BCUT2D eigenvalue weighted by molar-refractivity contribution is -0.126. The van der Waals surface area contributed by atoms with Gasteiger partial charge in [0.05, 0.1) is 4.90 Å². The van der Waals surface area contributed by atoms with Gasteiger partial charge in [0, 0.05) is 13.1 Å². The van der Waals surface area contributed by atoms with Crippen LogP contribution in [0.5, 0.6) is 0 Å². The number of benzene rings is 2. The van der Waals surface area contributed by atoms with Gasteiger partial charge in [0.1, 0.15) is 6.04 Å². The van der Waals surface area contributed by atoms with Gasteiger partial charge in [0.2, 0.25) is 15.9 Å². The second kappa shape index (κ2) is 7.09. The maximum atomic E-state index is 13.3. The molecule has 0 radical (unpaired) electrons. The number of carbonyl (C=O) groups excluding carboxylic acids is 1. The van der Waals surface area contributed by atoms with Gasteiger partial charge in [-0.2, -0.15) is 4.31 Å². The number of rotatable bonds is 3. The molecule has 144 valence electrons. The van der Waals surface area contributed by atoms with Crippen LogP contribution in [-0.4, -0.2) is 31.7 Å². The molecule has 5 nitrogen and oxygen atoms in total. The third-order valence-electron chi connectivity index (χ3n) is 4.98. The van der Waals surface area contributed by atoms with Crippen molar-refractivity contribution in [3.05, 3.63) is 65.2 Å². The second-order valence-corrected chi connectivity index (χ2v) is 9.83. The average Bonchev–Trinajstić information content (AvgIpc) is 2.62. The molecule has 0 aliphatic carbocycles. The number of nitrogens with zero attached hydrogens (tertiary/aromatic N) is 1. The molecule has 1 aliphatic heterocycles. The van der Waals surface area contributed by atoms with Crippen LogP contribution < -0.4 is 5.32 Å². The first-order chi connectivity index (χ1) is 12.6. The van der Waals surface area contributed by atoms with Gasteiger partial charge in [-0.15, -0.1) is 0 Å². The minimum absolute atomic E-state index is 0.0585. The first-order valence-electron chi connectivity index (χ1n) is 9.08. The zero-order valence-electron chi connectivity index (χ0n) is 16.2. The molecule has 1 aliphatic rings. The molecule has 27 heavy (non-hydrogen) atoms. The van der Waals surface area contributed by atoms with Crippen LogP contribution in [0.1, 0.15) is 43.5 Å². The van der Waals surface area contributed by atoms with Gasteiger partial charge >= 0.3 is 0 Å².